The number of rotatable bonds is 2. The van der Waals surface area contributed by atoms with E-state index in [1.54, 1.807) is 51.1 Å². The summed E-state index contributed by atoms with van der Waals surface area (Å²) < 4.78 is 11.9. The van der Waals surface area contributed by atoms with Crippen LogP contribution in [0, 0.1) is 34.5 Å². The van der Waals surface area contributed by atoms with Crippen molar-refractivity contribution in [1.29, 1.82) is 0 Å². The lowest BCUT2D eigenvalue weighted by Gasteiger charge is -2.64. The molecule has 4 fully saturated rings. The predicted molar refractivity (Wildman–Crippen MR) is 122 cm³/mol. The maximum Gasteiger partial charge on any atom is 0.338 e. The smallest absolute Gasteiger partial charge is 0.338 e. The van der Waals surface area contributed by atoms with Crippen molar-refractivity contribution in [3.8, 4) is 0 Å². The Morgan fingerprint density at radius 1 is 1.15 bits per heavy atom. The Balaban J connectivity index is 1.70. The molecule has 1 aliphatic heterocycles. The molecular weight excluding hydrogens is 436 g/mol. The SMILES string of the molecule is CC1CCC2(O)C(OC(=O)c3ccccc3)C3C4COC4CC(O)C3(C)C(=O)C(=O)C1C2(C)C. The maximum atomic E-state index is 13.9. The van der Waals surface area contributed by atoms with Crippen molar-refractivity contribution in [1.82, 2.24) is 0 Å². The molecule has 0 spiro atoms. The third kappa shape index (κ3) is 2.96. The van der Waals surface area contributed by atoms with Gasteiger partial charge in [0.25, 0.3) is 0 Å². The standard InChI is InChI=1S/C27H34O7/c1-14-10-11-27(32)23(34-24(31)15-8-6-5-7-9-15)20-16-13-33-17(16)12-18(28)26(20,4)22(30)21(29)19(14)25(27,2)3/h5-9,14,16-20,23,28,32H,10-13H2,1-4H3. The third-order valence-electron chi connectivity index (χ3n) is 9.76. The summed E-state index contributed by atoms with van der Waals surface area (Å²) in [5, 5.41) is 23.6. The Kier molecular flexibility index (Phi) is 5.36. The molecule has 9 unspecified atom stereocenters. The number of esters is 1. The van der Waals surface area contributed by atoms with E-state index in [1.807, 2.05) is 6.92 Å². The Hall–Kier alpha value is -2.09. The molecule has 9 atom stereocenters. The summed E-state index contributed by atoms with van der Waals surface area (Å²) in [7, 11) is 0. The number of aliphatic hydroxyl groups excluding tert-OH is 1. The van der Waals surface area contributed by atoms with E-state index >= 15 is 0 Å². The number of fused-ring (bicyclic) bond motifs is 5. The van der Waals surface area contributed by atoms with Gasteiger partial charge in [-0.15, -0.1) is 0 Å². The number of aliphatic hydroxyl groups is 2. The van der Waals surface area contributed by atoms with Crippen LogP contribution in [0.5, 0.6) is 0 Å². The Labute approximate surface area is 199 Å². The fraction of sp³-hybridized carbons (Fsp3) is 0.667. The van der Waals surface area contributed by atoms with Crippen LogP contribution in [-0.2, 0) is 19.1 Å². The lowest BCUT2D eigenvalue weighted by atomic mass is 9.44. The molecule has 4 aliphatic rings. The zero-order chi connectivity index (χ0) is 24.6. The lowest BCUT2D eigenvalue weighted by Crippen LogP contribution is -2.75. The van der Waals surface area contributed by atoms with E-state index in [1.165, 1.54) is 0 Å². The van der Waals surface area contributed by atoms with Crippen LogP contribution in [-0.4, -0.2) is 58.3 Å². The van der Waals surface area contributed by atoms with E-state index in [0.717, 1.165) is 0 Å². The topological polar surface area (TPSA) is 110 Å². The molecule has 0 amide bonds. The highest BCUT2D eigenvalue weighted by Gasteiger charge is 2.72. The van der Waals surface area contributed by atoms with E-state index in [4.69, 9.17) is 9.47 Å². The van der Waals surface area contributed by atoms with Gasteiger partial charge in [-0.1, -0.05) is 39.0 Å². The Morgan fingerprint density at radius 2 is 1.82 bits per heavy atom. The summed E-state index contributed by atoms with van der Waals surface area (Å²) in [6.45, 7) is 7.48. The largest absolute Gasteiger partial charge is 0.455 e. The molecule has 3 saturated carbocycles. The van der Waals surface area contributed by atoms with Crippen molar-refractivity contribution in [2.75, 3.05) is 6.61 Å². The van der Waals surface area contributed by atoms with Gasteiger partial charge in [0.05, 0.1) is 29.8 Å². The molecule has 1 aromatic carbocycles. The minimum absolute atomic E-state index is 0.127. The number of hydrogen-bond donors (Lipinski definition) is 2. The molecule has 184 valence electrons. The number of hydrogen-bond acceptors (Lipinski definition) is 7. The fourth-order valence-corrected chi connectivity index (χ4v) is 7.54. The van der Waals surface area contributed by atoms with Crippen molar-refractivity contribution in [3.63, 3.8) is 0 Å². The number of carbonyl (C=O) groups excluding carboxylic acids is 3. The first-order chi connectivity index (χ1) is 15.9. The van der Waals surface area contributed by atoms with E-state index in [0.29, 0.717) is 25.0 Å². The number of ether oxygens (including phenoxy) is 2. The molecule has 0 radical (unpaired) electrons. The van der Waals surface area contributed by atoms with Crippen LogP contribution < -0.4 is 0 Å². The highest BCUT2D eigenvalue weighted by molar-refractivity contribution is 6.40. The highest BCUT2D eigenvalue weighted by atomic mass is 16.6. The molecule has 7 heteroatoms. The molecule has 34 heavy (non-hydrogen) atoms. The van der Waals surface area contributed by atoms with Crippen LogP contribution in [0.3, 0.4) is 0 Å². The number of benzene rings is 1. The van der Waals surface area contributed by atoms with Gasteiger partial charge in [0, 0.05) is 29.6 Å². The molecule has 1 saturated heterocycles. The van der Waals surface area contributed by atoms with Gasteiger partial charge in [-0.05, 0) is 37.8 Å². The monoisotopic (exact) mass is 470 g/mol. The molecule has 3 aliphatic carbocycles. The minimum atomic E-state index is -1.56. The van der Waals surface area contributed by atoms with Crippen molar-refractivity contribution in [3.05, 3.63) is 35.9 Å². The van der Waals surface area contributed by atoms with Gasteiger partial charge < -0.3 is 19.7 Å². The van der Waals surface area contributed by atoms with Gasteiger partial charge in [0.1, 0.15) is 11.7 Å². The number of Topliss-reactive ketones (excluding diaryl/α,β-unsaturated/α-hetero) is 2. The zero-order valence-electron chi connectivity index (χ0n) is 20.2. The summed E-state index contributed by atoms with van der Waals surface area (Å²) in [4.78, 5) is 41.0. The third-order valence-corrected chi connectivity index (χ3v) is 9.76. The van der Waals surface area contributed by atoms with Crippen LogP contribution in [0.4, 0.5) is 0 Å². The highest BCUT2D eigenvalue weighted by Crippen LogP contribution is 2.62. The summed E-state index contributed by atoms with van der Waals surface area (Å²) >= 11 is 0. The summed E-state index contributed by atoms with van der Waals surface area (Å²) in [6, 6.07) is 8.55. The van der Waals surface area contributed by atoms with E-state index in [9.17, 15) is 24.6 Å². The van der Waals surface area contributed by atoms with Crippen molar-refractivity contribution < 1.29 is 34.1 Å². The summed E-state index contributed by atoms with van der Waals surface area (Å²) in [6.07, 6.45) is -1.45. The van der Waals surface area contributed by atoms with Gasteiger partial charge in [-0.2, -0.15) is 0 Å². The van der Waals surface area contributed by atoms with Crippen LogP contribution >= 0.6 is 0 Å². The van der Waals surface area contributed by atoms with Crippen LogP contribution in [0.15, 0.2) is 30.3 Å². The molecule has 7 nitrogen and oxygen atoms in total. The number of carbonyl (C=O) groups is 3. The van der Waals surface area contributed by atoms with Gasteiger partial charge in [-0.25, -0.2) is 4.79 Å². The fourth-order valence-electron chi connectivity index (χ4n) is 7.54. The average Bonchev–Trinajstić information content (AvgIpc) is 2.79. The molecule has 5 rings (SSSR count). The maximum absolute atomic E-state index is 13.9. The Bertz CT molecular complexity index is 1020. The molecule has 2 bridgehead atoms. The predicted octanol–water partition coefficient (Wildman–Crippen LogP) is 2.57. The van der Waals surface area contributed by atoms with E-state index < -0.39 is 58.0 Å². The second kappa shape index (κ2) is 7.70. The van der Waals surface area contributed by atoms with Crippen molar-refractivity contribution in [2.45, 2.75) is 70.9 Å². The van der Waals surface area contributed by atoms with Crippen LogP contribution in [0.2, 0.25) is 0 Å². The average molecular weight is 471 g/mol. The van der Waals surface area contributed by atoms with E-state index in [-0.39, 0.29) is 24.4 Å². The van der Waals surface area contributed by atoms with Gasteiger partial charge in [0.15, 0.2) is 0 Å². The molecule has 1 aromatic rings. The zero-order valence-corrected chi connectivity index (χ0v) is 20.2. The van der Waals surface area contributed by atoms with Crippen LogP contribution in [0.25, 0.3) is 0 Å². The Morgan fingerprint density at radius 3 is 2.44 bits per heavy atom. The van der Waals surface area contributed by atoms with Gasteiger partial charge >= 0.3 is 5.97 Å². The van der Waals surface area contributed by atoms with Crippen LogP contribution in [0.1, 0.15) is 57.3 Å². The summed E-state index contributed by atoms with van der Waals surface area (Å²) in [5.41, 5.74) is -3.73. The normalized spacial score (nSPS) is 45.2. The molecule has 2 N–H and O–H groups in total. The second-order valence-corrected chi connectivity index (χ2v) is 11.6. The molecule has 0 aromatic heterocycles. The van der Waals surface area contributed by atoms with E-state index in [2.05, 4.69) is 0 Å². The quantitative estimate of drug-likeness (QED) is 0.505. The molecular formula is C27H34O7. The van der Waals surface area contributed by atoms with Gasteiger partial charge in [-0.3, -0.25) is 9.59 Å². The molecule has 1 heterocycles. The second-order valence-electron chi connectivity index (χ2n) is 11.6. The first-order valence-electron chi connectivity index (χ1n) is 12.3. The first kappa shape index (κ1) is 23.6. The first-order valence-corrected chi connectivity index (χ1v) is 12.3. The van der Waals surface area contributed by atoms with Gasteiger partial charge in [0.2, 0.25) is 11.6 Å². The number of ketones is 2. The van der Waals surface area contributed by atoms with Crippen molar-refractivity contribution >= 4 is 17.5 Å². The minimum Gasteiger partial charge on any atom is -0.455 e. The summed E-state index contributed by atoms with van der Waals surface area (Å²) in [5.74, 6) is -3.58. The van der Waals surface area contributed by atoms with Crippen molar-refractivity contribution in [2.24, 2.45) is 34.5 Å². The lowest BCUT2D eigenvalue weighted by molar-refractivity contribution is -0.283.